The topological polar surface area (TPSA) is 192 Å². The van der Waals surface area contributed by atoms with Crippen molar-refractivity contribution in [1.29, 1.82) is 0 Å². The summed E-state index contributed by atoms with van der Waals surface area (Å²) in [6.45, 7) is 4.27. The van der Waals surface area contributed by atoms with Gasteiger partial charge < -0.3 is 39.9 Å². The summed E-state index contributed by atoms with van der Waals surface area (Å²) in [5.41, 5.74) is 0. The lowest BCUT2D eigenvalue weighted by atomic mass is 9.85. The molecule has 0 heterocycles. The number of esters is 1. The van der Waals surface area contributed by atoms with E-state index >= 15 is 0 Å². The first-order chi connectivity index (χ1) is 30.5. The average Bonchev–Trinajstić information content (AvgIpc) is 3.27. The van der Waals surface area contributed by atoms with Crippen molar-refractivity contribution in [2.45, 2.75) is 268 Å². The molecule has 0 aromatic rings. The van der Waals surface area contributed by atoms with E-state index in [0.29, 0.717) is 13.0 Å². The van der Waals surface area contributed by atoms with Gasteiger partial charge in [0.05, 0.1) is 13.2 Å². The second-order valence-electron chi connectivity index (χ2n) is 18.0. The molecular formula is C50H95O12P. The Hall–Kier alpha value is -1.18. The molecule has 1 aliphatic carbocycles. The zero-order valence-corrected chi connectivity index (χ0v) is 40.8. The molecule has 0 bridgehead atoms. The molecule has 0 aromatic heterocycles. The van der Waals surface area contributed by atoms with E-state index in [0.717, 1.165) is 57.8 Å². The molecule has 1 fully saturated rings. The highest BCUT2D eigenvalue weighted by Crippen LogP contribution is 2.47. The minimum absolute atomic E-state index is 0.0754. The molecule has 13 heteroatoms. The number of carbonyl (C=O) groups excluding carboxylic acids is 1. The molecule has 0 amide bonds. The monoisotopic (exact) mass is 919 g/mol. The predicted molar refractivity (Wildman–Crippen MR) is 253 cm³/mol. The van der Waals surface area contributed by atoms with Gasteiger partial charge in [0.25, 0.3) is 0 Å². The number of ether oxygens (including phenoxy) is 2. The number of phosphoric acid groups is 1. The molecule has 1 saturated carbocycles. The fraction of sp³-hybridized carbons (Fsp3) is 0.900. The van der Waals surface area contributed by atoms with E-state index in [1.807, 2.05) is 0 Å². The Morgan fingerprint density at radius 2 is 0.889 bits per heavy atom. The molecule has 0 aliphatic heterocycles. The Bertz CT molecular complexity index is 1140. The Labute approximate surface area is 383 Å². The summed E-state index contributed by atoms with van der Waals surface area (Å²) >= 11 is 0. The van der Waals surface area contributed by atoms with E-state index < -0.39 is 63.1 Å². The highest BCUT2D eigenvalue weighted by Gasteiger charge is 2.51. The molecule has 0 aromatic carbocycles. The van der Waals surface area contributed by atoms with Crippen LogP contribution in [0.4, 0.5) is 0 Å². The van der Waals surface area contributed by atoms with Gasteiger partial charge in [-0.25, -0.2) is 4.57 Å². The maximum atomic E-state index is 12.8. The molecule has 6 atom stereocenters. The standard InChI is InChI=1S/C50H95O12P/c1-3-5-7-9-11-13-15-17-19-21-23-25-27-29-31-33-35-37-39-44(51)61-43(42-60-63(57,58)62-50-48(55)46(53)45(52)47(54)49(50)56)41-59-40-38-36-34-32-30-28-26-24-22-20-18-16-14-12-10-8-6-4-2/h13,15,19,21,43,45-50,52-56H,3-12,14,16-18,20,22-42H2,1-2H3,(H,57,58)/b15-13-,21-19-. The summed E-state index contributed by atoms with van der Waals surface area (Å²) < 4.78 is 34.3. The average molecular weight is 919 g/mol. The van der Waals surface area contributed by atoms with Gasteiger partial charge in [0.15, 0.2) is 0 Å². The molecule has 372 valence electrons. The maximum Gasteiger partial charge on any atom is 0.472 e. The summed E-state index contributed by atoms with van der Waals surface area (Å²) in [6, 6.07) is 0. The van der Waals surface area contributed by atoms with Crippen molar-refractivity contribution in [3.05, 3.63) is 24.3 Å². The summed E-state index contributed by atoms with van der Waals surface area (Å²) in [6.07, 6.45) is 35.2. The van der Waals surface area contributed by atoms with Gasteiger partial charge in [-0.2, -0.15) is 0 Å². The van der Waals surface area contributed by atoms with E-state index in [-0.39, 0.29) is 13.0 Å². The third-order valence-electron chi connectivity index (χ3n) is 12.1. The minimum atomic E-state index is -5.02. The van der Waals surface area contributed by atoms with Crippen LogP contribution in [0.1, 0.15) is 226 Å². The minimum Gasteiger partial charge on any atom is -0.457 e. The first kappa shape index (κ1) is 59.8. The number of phosphoric ester groups is 1. The van der Waals surface area contributed by atoms with Crippen LogP contribution >= 0.6 is 7.82 Å². The number of aliphatic hydroxyl groups is 5. The van der Waals surface area contributed by atoms with Crippen molar-refractivity contribution in [2.24, 2.45) is 0 Å². The van der Waals surface area contributed by atoms with Crippen molar-refractivity contribution in [2.75, 3.05) is 19.8 Å². The van der Waals surface area contributed by atoms with Crippen molar-refractivity contribution < 1.29 is 58.3 Å². The Balaban J connectivity index is 2.34. The molecule has 1 aliphatic rings. The van der Waals surface area contributed by atoms with Crippen molar-refractivity contribution in [1.82, 2.24) is 0 Å². The first-order valence-corrected chi connectivity index (χ1v) is 27.2. The quantitative estimate of drug-likeness (QED) is 0.0147. The van der Waals surface area contributed by atoms with E-state index in [4.69, 9.17) is 18.5 Å². The number of carbonyl (C=O) groups is 1. The van der Waals surface area contributed by atoms with Crippen LogP contribution in [0.25, 0.3) is 0 Å². The van der Waals surface area contributed by atoms with E-state index in [9.17, 15) is 39.8 Å². The lowest BCUT2D eigenvalue weighted by molar-refractivity contribution is -0.220. The van der Waals surface area contributed by atoms with Gasteiger partial charge in [-0.15, -0.1) is 0 Å². The SMILES string of the molecule is CCCCCC/C=C\C/C=C\CCCCCCCCCC(=O)OC(COCCCCCCCCCCCCCCCCCCCC)COP(=O)(O)OC1C(O)C(O)C(O)C(O)C1O. The van der Waals surface area contributed by atoms with Gasteiger partial charge in [0.1, 0.15) is 42.7 Å². The van der Waals surface area contributed by atoms with E-state index in [1.165, 1.54) is 141 Å². The Morgan fingerprint density at radius 3 is 1.35 bits per heavy atom. The summed E-state index contributed by atoms with van der Waals surface area (Å²) in [5.74, 6) is -0.481. The third kappa shape index (κ3) is 33.0. The van der Waals surface area contributed by atoms with Crippen LogP contribution in [0.3, 0.4) is 0 Å². The summed E-state index contributed by atoms with van der Waals surface area (Å²) in [5, 5.41) is 50.3. The lowest BCUT2D eigenvalue weighted by Gasteiger charge is -2.41. The molecule has 0 radical (unpaired) electrons. The molecule has 6 N–H and O–H groups in total. The second kappa shape index (κ2) is 41.0. The van der Waals surface area contributed by atoms with Gasteiger partial charge >= 0.3 is 13.8 Å². The molecule has 1 rings (SSSR count). The second-order valence-corrected chi connectivity index (χ2v) is 19.4. The number of rotatable bonds is 44. The van der Waals surface area contributed by atoms with Crippen LogP contribution < -0.4 is 0 Å². The fourth-order valence-electron chi connectivity index (χ4n) is 7.98. The van der Waals surface area contributed by atoms with Crippen LogP contribution in [0.15, 0.2) is 24.3 Å². The van der Waals surface area contributed by atoms with E-state index in [2.05, 4.69) is 38.2 Å². The van der Waals surface area contributed by atoms with Gasteiger partial charge in [0, 0.05) is 13.0 Å². The molecule has 6 unspecified atom stereocenters. The fourth-order valence-corrected chi connectivity index (χ4v) is 8.95. The predicted octanol–water partition coefficient (Wildman–Crippen LogP) is 11.3. The molecule has 0 saturated heterocycles. The smallest absolute Gasteiger partial charge is 0.457 e. The van der Waals surface area contributed by atoms with Crippen molar-refractivity contribution >= 4 is 13.8 Å². The summed E-state index contributed by atoms with van der Waals surface area (Å²) in [4.78, 5) is 23.2. The Kier molecular flexibility index (Phi) is 39.0. The van der Waals surface area contributed by atoms with Crippen LogP contribution in [0, 0.1) is 0 Å². The van der Waals surface area contributed by atoms with Gasteiger partial charge in [0.2, 0.25) is 0 Å². The van der Waals surface area contributed by atoms with Crippen LogP contribution in [-0.4, -0.2) is 98.9 Å². The van der Waals surface area contributed by atoms with Gasteiger partial charge in [-0.1, -0.05) is 199 Å². The van der Waals surface area contributed by atoms with Crippen molar-refractivity contribution in [3.63, 3.8) is 0 Å². The highest BCUT2D eigenvalue weighted by atomic mass is 31.2. The highest BCUT2D eigenvalue weighted by molar-refractivity contribution is 7.47. The van der Waals surface area contributed by atoms with Crippen LogP contribution in [0.2, 0.25) is 0 Å². The number of hydrogen-bond donors (Lipinski definition) is 6. The Morgan fingerprint density at radius 1 is 0.508 bits per heavy atom. The van der Waals surface area contributed by atoms with E-state index in [1.54, 1.807) is 0 Å². The molecular weight excluding hydrogens is 824 g/mol. The lowest BCUT2D eigenvalue weighted by Crippen LogP contribution is -2.64. The molecule has 63 heavy (non-hydrogen) atoms. The zero-order valence-electron chi connectivity index (χ0n) is 39.9. The molecule has 0 spiro atoms. The number of hydrogen-bond acceptors (Lipinski definition) is 11. The zero-order chi connectivity index (χ0) is 46.2. The number of unbranched alkanes of at least 4 members (excludes halogenated alkanes) is 28. The van der Waals surface area contributed by atoms with Gasteiger partial charge in [-0.3, -0.25) is 13.8 Å². The maximum absolute atomic E-state index is 12.8. The molecule has 12 nitrogen and oxygen atoms in total. The number of aliphatic hydroxyl groups excluding tert-OH is 5. The normalized spacial score (nSPS) is 22.0. The largest absolute Gasteiger partial charge is 0.472 e. The number of allylic oxidation sites excluding steroid dienone is 4. The van der Waals surface area contributed by atoms with Crippen LogP contribution in [-0.2, 0) is 27.9 Å². The van der Waals surface area contributed by atoms with Crippen molar-refractivity contribution in [3.8, 4) is 0 Å². The van der Waals surface area contributed by atoms with Crippen LogP contribution in [0.5, 0.6) is 0 Å². The third-order valence-corrected chi connectivity index (χ3v) is 13.1. The summed E-state index contributed by atoms with van der Waals surface area (Å²) in [7, 11) is -5.02. The first-order valence-electron chi connectivity index (χ1n) is 25.7. The van der Waals surface area contributed by atoms with Gasteiger partial charge in [-0.05, 0) is 44.9 Å².